The molecule has 2 saturated heterocycles. The van der Waals surface area contributed by atoms with Crippen LogP contribution in [0.15, 0.2) is 70.5 Å². The summed E-state index contributed by atoms with van der Waals surface area (Å²) in [4.78, 5) is 13.1. The van der Waals surface area contributed by atoms with Gasteiger partial charge in [0.15, 0.2) is 29.3 Å². The summed E-state index contributed by atoms with van der Waals surface area (Å²) in [7, 11) is -8.38. The maximum Gasteiger partial charge on any atom is 0.407 e. The number of aliphatic hydroxyl groups excluding tert-OH is 1. The number of nitrogens with one attached hydrogen (secondary N) is 1. The van der Waals surface area contributed by atoms with Crippen molar-refractivity contribution in [3.8, 4) is 28.7 Å². The van der Waals surface area contributed by atoms with Gasteiger partial charge >= 0.3 is 16.2 Å². The van der Waals surface area contributed by atoms with E-state index in [9.17, 15) is 26.7 Å². The number of rotatable bonds is 14. The number of ether oxygens (including phenoxy) is 7. The molecule has 0 saturated carbocycles. The topological polar surface area (TPSA) is 195 Å². The molecule has 3 aromatic rings. The zero-order valence-electron chi connectivity index (χ0n) is 28.9. The van der Waals surface area contributed by atoms with E-state index in [-0.39, 0.29) is 72.8 Å². The highest BCUT2D eigenvalue weighted by atomic mass is 32.2. The first kappa shape index (κ1) is 37.0. The molecule has 18 heteroatoms. The van der Waals surface area contributed by atoms with Crippen molar-refractivity contribution < 1.29 is 64.1 Å². The van der Waals surface area contributed by atoms with Crippen molar-refractivity contribution in [2.45, 2.75) is 61.0 Å². The minimum Gasteiger partial charge on any atom is -0.454 e. The van der Waals surface area contributed by atoms with Gasteiger partial charge in [-0.2, -0.15) is 12.7 Å². The van der Waals surface area contributed by atoms with Crippen LogP contribution in [0.1, 0.15) is 25.8 Å². The Hall–Kier alpha value is -4.33. The fraction of sp³-hybridized carbons (Fsp3) is 0.457. The van der Waals surface area contributed by atoms with Crippen molar-refractivity contribution in [2.75, 3.05) is 39.9 Å². The number of hydrogen-bond donors (Lipinski definition) is 2. The number of benzene rings is 3. The van der Waals surface area contributed by atoms with E-state index in [0.29, 0.717) is 35.8 Å². The Bertz CT molecular complexity index is 2030. The highest BCUT2D eigenvalue weighted by molar-refractivity contribution is 7.89. The molecule has 2 N–H and O–H groups in total. The Labute approximate surface area is 306 Å². The summed E-state index contributed by atoms with van der Waals surface area (Å²) in [5, 5.41) is 14.4. The van der Waals surface area contributed by atoms with Gasteiger partial charge in [-0.15, -0.1) is 0 Å². The number of hydrogen-bond acceptors (Lipinski definition) is 14. The highest BCUT2D eigenvalue weighted by Crippen LogP contribution is 2.36. The molecule has 1 amide bonds. The predicted molar refractivity (Wildman–Crippen MR) is 184 cm³/mol. The second kappa shape index (κ2) is 15.2. The number of carbonyl (C=O) groups is 1. The van der Waals surface area contributed by atoms with Crippen LogP contribution in [0.4, 0.5) is 4.79 Å². The normalized spacial score (nSPS) is 21.4. The number of carbonyl (C=O) groups excluding carboxylic acids is 1. The minimum atomic E-state index is -4.23. The van der Waals surface area contributed by atoms with E-state index in [0.717, 1.165) is 0 Å². The van der Waals surface area contributed by atoms with E-state index in [4.69, 9.17) is 37.3 Å². The molecule has 0 bridgehead atoms. The maximum absolute atomic E-state index is 14.0. The second-order valence-electron chi connectivity index (χ2n) is 13.4. The van der Waals surface area contributed by atoms with Crippen LogP contribution in [-0.2, 0) is 40.8 Å². The maximum atomic E-state index is 14.0. The number of sulfonamides is 1. The van der Waals surface area contributed by atoms with Gasteiger partial charge in [0.2, 0.25) is 23.6 Å². The molecule has 0 spiro atoms. The van der Waals surface area contributed by atoms with Gasteiger partial charge in [0.1, 0.15) is 16.7 Å². The fourth-order valence-electron chi connectivity index (χ4n) is 6.50. The SMILES string of the molecule is CC(C)CN(C[C@@H](O)[C@H](Cc1ccc(OS(=O)(=O)c2ccc3c(c2)OCO3)cc1)NC(=O)O[C@H]1CO[C@H]2OCC[C@H]21)S(=O)(=O)c1ccc2c(c1)OCO2. The molecular weight excluding hydrogens is 737 g/mol. The van der Waals surface area contributed by atoms with E-state index in [1.807, 2.05) is 13.8 Å². The van der Waals surface area contributed by atoms with E-state index in [1.54, 1.807) is 12.1 Å². The zero-order valence-corrected chi connectivity index (χ0v) is 30.5. The quantitative estimate of drug-likeness (QED) is 0.227. The first-order valence-corrected chi connectivity index (χ1v) is 19.9. The van der Waals surface area contributed by atoms with Crippen molar-refractivity contribution in [3.63, 3.8) is 0 Å². The molecular formula is C35H40N2O14S2. The van der Waals surface area contributed by atoms with E-state index < -0.39 is 50.8 Å². The van der Waals surface area contributed by atoms with Gasteiger partial charge in [-0.3, -0.25) is 0 Å². The summed E-state index contributed by atoms with van der Waals surface area (Å²) in [6.45, 7) is 3.99. The van der Waals surface area contributed by atoms with Gasteiger partial charge in [-0.25, -0.2) is 13.2 Å². The number of alkyl carbamates (subject to hydrolysis) is 1. The van der Waals surface area contributed by atoms with Gasteiger partial charge in [0.05, 0.1) is 36.2 Å². The fourth-order valence-corrected chi connectivity index (χ4v) is 9.08. The molecule has 53 heavy (non-hydrogen) atoms. The standard InChI is InChI=1S/C35H40N2O14S2/c1-21(2)16-37(52(40,41)24-7-9-29-31(14-24)48-19-46-29)17-28(38)27(36-35(39)50-33-18-45-34-26(33)11-12-44-34)13-22-3-5-23(6-4-22)51-53(42,43)25-8-10-30-32(15-25)49-20-47-30/h3-10,14-15,21,26-28,33-34,38H,11-13,16-20H2,1-2H3,(H,36,39)/t26-,27-,28+,33-,34+/m0/s1. The van der Waals surface area contributed by atoms with Crippen molar-refractivity contribution in [3.05, 3.63) is 66.2 Å². The van der Waals surface area contributed by atoms with Crippen LogP contribution in [0, 0.1) is 11.8 Å². The summed E-state index contributed by atoms with van der Waals surface area (Å²) < 4.78 is 98.5. The summed E-state index contributed by atoms with van der Waals surface area (Å²) in [6, 6.07) is 13.4. The van der Waals surface area contributed by atoms with E-state index >= 15 is 0 Å². The molecule has 4 aliphatic heterocycles. The third-order valence-electron chi connectivity index (χ3n) is 9.17. The Morgan fingerprint density at radius 3 is 2.19 bits per heavy atom. The van der Waals surface area contributed by atoms with Gasteiger partial charge in [0, 0.05) is 25.2 Å². The summed E-state index contributed by atoms with van der Waals surface area (Å²) in [6.07, 6.45) is -2.58. The third kappa shape index (κ3) is 8.27. The minimum absolute atomic E-state index is 0.0141. The Morgan fingerprint density at radius 1 is 0.868 bits per heavy atom. The van der Waals surface area contributed by atoms with Crippen LogP contribution < -0.4 is 28.4 Å². The molecule has 3 aromatic carbocycles. The van der Waals surface area contributed by atoms with Crippen LogP contribution >= 0.6 is 0 Å². The van der Waals surface area contributed by atoms with Gasteiger partial charge in [-0.05, 0) is 60.7 Å². The molecule has 4 aliphatic rings. The van der Waals surface area contributed by atoms with Gasteiger partial charge in [0.25, 0.3) is 0 Å². The molecule has 0 unspecified atom stereocenters. The van der Waals surface area contributed by atoms with Gasteiger partial charge < -0.3 is 47.8 Å². The third-order valence-corrected chi connectivity index (χ3v) is 12.2. The van der Waals surface area contributed by atoms with Crippen LogP contribution in [0.25, 0.3) is 0 Å². The number of nitrogens with zero attached hydrogens (tertiary/aromatic N) is 1. The number of aliphatic hydroxyl groups is 1. The van der Waals surface area contributed by atoms with Crippen molar-refractivity contribution >= 4 is 26.2 Å². The molecule has 0 aliphatic carbocycles. The summed E-state index contributed by atoms with van der Waals surface area (Å²) in [5.74, 6) is 1.20. The molecule has 0 radical (unpaired) electrons. The number of amides is 1. The predicted octanol–water partition coefficient (Wildman–Crippen LogP) is 3.02. The number of fused-ring (bicyclic) bond motifs is 3. The lowest BCUT2D eigenvalue weighted by Gasteiger charge is -2.31. The smallest absolute Gasteiger partial charge is 0.407 e. The molecule has 0 aromatic heterocycles. The zero-order chi connectivity index (χ0) is 37.3. The first-order valence-electron chi connectivity index (χ1n) is 17.1. The summed E-state index contributed by atoms with van der Waals surface area (Å²) >= 11 is 0. The Balaban J connectivity index is 1.09. The van der Waals surface area contributed by atoms with E-state index in [2.05, 4.69) is 5.32 Å². The average Bonchev–Trinajstić information content (AvgIpc) is 3.94. The molecule has 16 nitrogen and oxygen atoms in total. The van der Waals surface area contributed by atoms with Crippen molar-refractivity contribution in [1.82, 2.24) is 9.62 Å². The Morgan fingerprint density at radius 2 is 1.51 bits per heavy atom. The van der Waals surface area contributed by atoms with Crippen LogP contribution in [-0.4, -0.2) is 96.8 Å². The lowest BCUT2D eigenvalue weighted by Crippen LogP contribution is -2.51. The van der Waals surface area contributed by atoms with Crippen LogP contribution in [0.2, 0.25) is 0 Å². The van der Waals surface area contributed by atoms with E-state index in [1.165, 1.54) is 52.8 Å². The van der Waals surface area contributed by atoms with Crippen LogP contribution in [0.5, 0.6) is 28.7 Å². The second-order valence-corrected chi connectivity index (χ2v) is 16.9. The first-order chi connectivity index (χ1) is 25.4. The van der Waals surface area contributed by atoms with Crippen LogP contribution in [0.3, 0.4) is 0 Å². The van der Waals surface area contributed by atoms with Crippen molar-refractivity contribution in [2.24, 2.45) is 11.8 Å². The largest absolute Gasteiger partial charge is 0.454 e. The molecule has 7 rings (SSSR count). The lowest BCUT2D eigenvalue weighted by atomic mass is 10.0. The van der Waals surface area contributed by atoms with Gasteiger partial charge in [-0.1, -0.05) is 26.0 Å². The monoisotopic (exact) mass is 776 g/mol. The molecule has 5 atom stereocenters. The van der Waals surface area contributed by atoms with Crippen molar-refractivity contribution in [1.29, 1.82) is 0 Å². The molecule has 286 valence electrons. The Kier molecular flexibility index (Phi) is 10.6. The lowest BCUT2D eigenvalue weighted by molar-refractivity contribution is -0.0907. The summed E-state index contributed by atoms with van der Waals surface area (Å²) in [5.41, 5.74) is 0.574. The highest BCUT2D eigenvalue weighted by Gasteiger charge is 2.44. The molecule has 4 heterocycles. The molecule has 2 fully saturated rings. The average molecular weight is 777 g/mol.